The third-order valence-corrected chi connectivity index (χ3v) is 4.94. The fraction of sp³-hybridized carbons (Fsp3) is 0.450. The second-order valence-electron chi connectivity index (χ2n) is 7.50. The van der Waals surface area contributed by atoms with E-state index in [1.54, 1.807) is 17.9 Å². The van der Waals surface area contributed by atoms with Crippen LogP contribution >= 0.6 is 0 Å². The molecule has 142 valence electrons. The minimum atomic E-state index is 0.0223. The van der Waals surface area contributed by atoms with Gasteiger partial charge in [-0.25, -0.2) is 9.67 Å². The summed E-state index contributed by atoms with van der Waals surface area (Å²) in [6.07, 6.45) is 1.66. The van der Waals surface area contributed by atoms with E-state index in [2.05, 4.69) is 36.0 Å². The van der Waals surface area contributed by atoms with Gasteiger partial charge in [0.1, 0.15) is 17.0 Å². The second-order valence-corrected chi connectivity index (χ2v) is 7.50. The van der Waals surface area contributed by atoms with Crippen molar-refractivity contribution in [3.05, 3.63) is 52.2 Å². The highest BCUT2D eigenvalue weighted by Crippen LogP contribution is 2.18. The Morgan fingerprint density at radius 1 is 1.19 bits per heavy atom. The van der Waals surface area contributed by atoms with Crippen LogP contribution in [0.3, 0.4) is 0 Å². The largest absolute Gasteiger partial charge is 0.497 e. The zero-order valence-electron chi connectivity index (χ0n) is 16.1. The summed E-state index contributed by atoms with van der Waals surface area (Å²) in [6.45, 7) is 7.99. The van der Waals surface area contributed by atoms with E-state index in [1.165, 1.54) is 5.56 Å². The molecule has 1 aliphatic heterocycles. The van der Waals surface area contributed by atoms with E-state index in [1.807, 2.05) is 16.8 Å². The molecule has 0 unspecified atom stereocenters. The van der Waals surface area contributed by atoms with Crippen LogP contribution in [0.5, 0.6) is 5.75 Å². The van der Waals surface area contributed by atoms with Crippen LogP contribution in [-0.4, -0.2) is 37.9 Å². The molecule has 0 bridgehead atoms. The lowest BCUT2D eigenvalue weighted by molar-refractivity contribution is 0.204. The van der Waals surface area contributed by atoms with Crippen LogP contribution in [-0.2, 0) is 26.2 Å². The Bertz CT molecular complexity index is 1000. The number of aromatic nitrogens is 4. The van der Waals surface area contributed by atoms with Crippen LogP contribution in [0.15, 0.2) is 35.3 Å². The Labute approximate surface area is 158 Å². The molecular formula is C20H25N5O2. The molecule has 7 heteroatoms. The summed E-state index contributed by atoms with van der Waals surface area (Å²) in [5, 5.41) is 5.00. The predicted octanol–water partition coefficient (Wildman–Crippen LogP) is 2.27. The summed E-state index contributed by atoms with van der Waals surface area (Å²) in [5.74, 6) is 2.12. The highest BCUT2D eigenvalue weighted by Gasteiger charge is 2.22. The number of benzene rings is 1. The monoisotopic (exact) mass is 367 g/mol. The van der Waals surface area contributed by atoms with E-state index in [0.717, 1.165) is 31.2 Å². The average Bonchev–Trinajstić information content (AvgIpc) is 3.05. The van der Waals surface area contributed by atoms with Gasteiger partial charge in [-0.3, -0.25) is 14.3 Å². The SMILES string of the molecule is COc1ccc(CN2CCn3c(nc4c(cnn4CC(C)C)c3=O)C2)cc1. The summed E-state index contributed by atoms with van der Waals surface area (Å²) in [4.78, 5) is 20.0. The van der Waals surface area contributed by atoms with Crippen LogP contribution in [0, 0.1) is 5.92 Å². The maximum Gasteiger partial charge on any atom is 0.264 e. The molecule has 0 amide bonds. The van der Waals surface area contributed by atoms with Crippen molar-refractivity contribution in [2.45, 2.75) is 40.0 Å². The lowest BCUT2D eigenvalue weighted by atomic mass is 10.2. The molecule has 27 heavy (non-hydrogen) atoms. The highest BCUT2D eigenvalue weighted by atomic mass is 16.5. The predicted molar refractivity (Wildman–Crippen MR) is 104 cm³/mol. The van der Waals surface area contributed by atoms with E-state index >= 15 is 0 Å². The molecule has 3 heterocycles. The van der Waals surface area contributed by atoms with Gasteiger partial charge in [0, 0.05) is 26.2 Å². The first-order valence-corrected chi connectivity index (χ1v) is 9.35. The van der Waals surface area contributed by atoms with E-state index < -0.39 is 0 Å². The molecule has 0 aliphatic carbocycles. The van der Waals surface area contributed by atoms with Crippen molar-refractivity contribution in [1.29, 1.82) is 0 Å². The number of ether oxygens (including phenoxy) is 1. The van der Waals surface area contributed by atoms with E-state index in [4.69, 9.17) is 9.72 Å². The molecule has 0 saturated carbocycles. The lowest BCUT2D eigenvalue weighted by Gasteiger charge is -2.29. The first-order chi connectivity index (χ1) is 13.0. The number of methoxy groups -OCH3 is 1. The van der Waals surface area contributed by atoms with Crippen molar-refractivity contribution in [3.8, 4) is 5.75 Å². The number of fused-ring (bicyclic) bond motifs is 2. The number of hydrogen-bond acceptors (Lipinski definition) is 5. The van der Waals surface area contributed by atoms with E-state index in [0.29, 0.717) is 30.0 Å². The minimum absolute atomic E-state index is 0.0223. The van der Waals surface area contributed by atoms with Gasteiger partial charge in [0.25, 0.3) is 5.56 Å². The molecule has 0 saturated heterocycles. The summed E-state index contributed by atoms with van der Waals surface area (Å²) < 4.78 is 8.87. The van der Waals surface area contributed by atoms with Gasteiger partial charge in [-0.1, -0.05) is 26.0 Å². The lowest BCUT2D eigenvalue weighted by Crippen LogP contribution is -2.39. The summed E-state index contributed by atoms with van der Waals surface area (Å²) >= 11 is 0. The molecule has 0 spiro atoms. The minimum Gasteiger partial charge on any atom is -0.497 e. The summed E-state index contributed by atoms with van der Waals surface area (Å²) in [5.41, 5.74) is 1.94. The van der Waals surface area contributed by atoms with Gasteiger partial charge >= 0.3 is 0 Å². The number of rotatable bonds is 5. The van der Waals surface area contributed by atoms with Crippen molar-refractivity contribution in [2.75, 3.05) is 13.7 Å². The topological polar surface area (TPSA) is 65.2 Å². The van der Waals surface area contributed by atoms with Gasteiger partial charge in [-0.05, 0) is 23.6 Å². The van der Waals surface area contributed by atoms with Gasteiger partial charge < -0.3 is 4.74 Å². The summed E-state index contributed by atoms with van der Waals surface area (Å²) in [7, 11) is 1.67. The van der Waals surface area contributed by atoms with Crippen molar-refractivity contribution in [1.82, 2.24) is 24.2 Å². The van der Waals surface area contributed by atoms with Crippen LogP contribution in [0.1, 0.15) is 25.2 Å². The molecule has 0 radical (unpaired) electrons. The Morgan fingerprint density at radius 3 is 2.67 bits per heavy atom. The van der Waals surface area contributed by atoms with Crippen molar-refractivity contribution in [3.63, 3.8) is 0 Å². The summed E-state index contributed by atoms with van der Waals surface area (Å²) in [6, 6.07) is 8.11. The molecular weight excluding hydrogens is 342 g/mol. The third-order valence-electron chi connectivity index (χ3n) is 4.94. The maximum atomic E-state index is 12.8. The molecule has 0 N–H and O–H groups in total. The molecule has 1 aromatic carbocycles. The van der Waals surface area contributed by atoms with Crippen LogP contribution in [0.2, 0.25) is 0 Å². The highest BCUT2D eigenvalue weighted by molar-refractivity contribution is 5.73. The standard InChI is InChI=1S/C20H25N5O2/c1-14(2)11-25-19-17(10-21-25)20(26)24-9-8-23(13-18(24)22-19)12-15-4-6-16(27-3)7-5-15/h4-7,10,14H,8-9,11-13H2,1-3H3. The van der Waals surface area contributed by atoms with Crippen LogP contribution in [0.4, 0.5) is 0 Å². The first kappa shape index (κ1) is 17.7. The Balaban J connectivity index is 1.60. The molecule has 7 nitrogen and oxygen atoms in total. The zero-order valence-corrected chi connectivity index (χ0v) is 16.1. The molecule has 1 aliphatic rings. The van der Waals surface area contributed by atoms with Crippen molar-refractivity contribution < 1.29 is 4.74 Å². The van der Waals surface area contributed by atoms with Crippen molar-refractivity contribution in [2.24, 2.45) is 5.92 Å². The van der Waals surface area contributed by atoms with E-state index in [9.17, 15) is 4.79 Å². The quantitative estimate of drug-likeness (QED) is 0.692. The maximum absolute atomic E-state index is 12.8. The van der Waals surface area contributed by atoms with Gasteiger partial charge in [-0.2, -0.15) is 5.10 Å². The first-order valence-electron chi connectivity index (χ1n) is 9.35. The molecule has 2 aromatic heterocycles. The third kappa shape index (κ3) is 3.47. The second kappa shape index (κ2) is 7.15. The van der Waals surface area contributed by atoms with Gasteiger partial charge in [0.05, 0.1) is 19.9 Å². The van der Waals surface area contributed by atoms with E-state index in [-0.39, 0.29) is 5.56 Å². The molecule has 4 rings (SSSR count). The Hall–Kier alpha value is -2.67. The van der Waals surface area contributed by atoms with Crippen LogP contribution < -0.4 is 10.3 Å². The van der Waals surface area contributed by atoms with Crippen LogP contribution in [0.25, 0.3) is 11.0 Å². The van der Waals surface area contributed by atoms with Gasteiger partial charge in [-0.15, -0.1) is 0 Å². The Kier molecular flexibility index (Phi) is 4.70. The zero-order chi connectivity index (χ0) is 19.0. The molecule has 3 aromatic rings. The smallest absolute Gasteiger partial charge is 0.264 e. The normalized spacial score (nSPS) is 14.7. The number of nitrogens with zero attached hydrogens (tertiary/aromatic N) is 5. The van der Waals surface area contributed by atoms with Gasteiger partial charge in [0.2, 0.25) is 0 Å². The Morgan fingerprint density at radius 2 is 1.96 bits per heavy atom. The number of hydrogen-bond donors (Lipinski definition) is 0. The average molecular weight is 367 g/mol. The fourth-order valence-corrected chi connectivity index (χ4v) is 3.57. The van der Waals surface area contributed by atoms with Gasteiger partial charge in [0.15, 0.2) is 5.65 Å². The molecule has 0 fully saturated rings. The molecule has 0 atom stereocenters. The van der Waals surface area contributed by atoms with Crippen molar-refractivity contribution >= 4 is 11.0 Å². The fourth-order valence-electron chi connectivity index (χ4n) is 3.57.